The van der Waals surface area contributed by atoms with Gasteiger partial charge >= 0.3 is 0 Å². The molecule has 0 spiro atoms. The van der Waals surface area contributed by atoms with Crippen molar-refractivity contribution in [3.8, 4) is 0 Å². The molecule has 72 valence electrons. The van der Waals surface area contributed by atoms with Gasteiger partial charge < -0.3 is 4.74 Å². The summed E-state index contributed by atoms with van der Waals surface area (Å²) in [4.78, 5) is 0. The van der Waals surface area contributed by atoms with Crippen molar-refractivity contribution in [1.29, 1.82) is 0 Å². The van der Waals surface area contributed by atoms with Gasteiger partial charge in [-0.3, -0.25) is 4.68 Å². The summed E-state index contributed by atoms with van der Waals surface area (Å²) < 4.78 is 7.32. The van der Waals surface area contributed by atoms with Crippen LogP contribution in [0.4, 0.5) is 0 Å². The maximum atomic E-state index is 5.31. The lowest BCUT2D eigenvalue weighted by Crippen LogP contribution is -2.17. The zero-order valence-corrected chi connectivity index (χ0v) is 7.85. The van der Waals surface area contributed by atoms with Crippen molar-refractivity contribution in [3.05, 3.63) is 18.5 Å². The standard InChI is InChI=1S/C10H16N2O/c1-5-11-12(6-1)7-2-10-3-8-13-9-4-10/h1,5-6,10H,2-4,7-9H2. The van der Waals surface area contributed by atoms with E-state index in [0.29, 0.717) is 0 Å². The Morgan fingerprint density at radius 2 is 2.23 bits per heavy atom. The van der Waals surface area contributed by atoms with E-state index in [1.165, 1.54) is 19.3 Å². The quantitative estimate of drug-likeness (QED) is 0.708. The van der Waals surface area contributed by atoms with Crippen molar-refractivity contribution in [3.63, 3.8) is 0 Å². The van der Waals surface area contributed by atoms with Crippen LogP contribution in [-0.2, 0) is 11.3 Å². The molecule has 0 amide bonds. The van der Waals surface area contributed by atoms with E-state index in [4.69, 9.17) is 4.74 Å². The van der Waals surface area contributed by atoms with E-state index in [0.717, 1.165) is 25.7 Å². The molecule has 1 aromatic heterocycles. The van der Waals surface area contributed by atoms with Crippen LogP contribution in [0.5, 0.6) is 0 Å². The summed E-state index contributed by atoms with van der Waals surface area (Å²) in [7, 11) is 0. The van der Waals surface area contributed by atoms with Gasteiger partial charge in [-0.1, -0.05) is 0 Å². The molecule has 0 aromatic carbocycles. The Morgan fingerprint density at radius 1 is 1.38 bits per heavy atom. The van der Waals surface area contributed by atoms with Crippen LogP contribution in [0.25, 0.3) is 0 Å². The summed E-state index contributed by atoms with van der Waals surface area (Å²) in [6.07, 6.45) is 7.55. The second-order valence-corrected chi connectivity index (χ2v) is 3.61. The average molecular weight is 180 g/mol. The minimum absolute atomic E-state index is 0.845. The lowest BCUT2D eigenvalue weighted by Gasteiger charge is -2.21. The third kappa shape index (κ3) is 2.56. The molecule has 1 aliphatic rings. The van der Waals surface area contributed by atoms with Gasteiger partial charge in [0, 0.05) is 32.2 Å². The molecular weight excluding hydrogens is 164 g/mol. The van der Waals surface area contributed by atoms with E-state index in [1.54, 1.807) is 0 Å². The molecule has 1 aliphatic heterocycles. The van der Waals surface area contributed by atoms with E-state index in [1.807, 2.05) is 23.1 Å². The molecule has 0 aliphatic carbocycles. The third-order valence-electron chi connectivity index (χ3n) is 2.67. The summed E-state index contributed by atoms with van der Waals surface area (Å²) in [6, 6.07) is 1.98. The number of hydrogen-bond donors (Lipinski definition) is 0. The maximum absolute atomic E-state index is 5.31. The summed E-state index contributed by atoms with van der Waals surface area (Å²) in [5.74, 6) is 0.845. The largest absolute Gasteiger partial charge is 0.381 e. The van der Waals surface area contributed by atoms with Crippen LogP contribution in [-0.4, -0.2) is 23.0 Å². The minimum atomic E-state index is 0.845. The Balaban J connectivity index is 1.72. The van der Waals surface area contributed by atoms with E-state index < -0.39 is 0 Å². The number of ether oxygens (including phenoxy) is 1. The number of rotatable bonds is 3. The highest BCUT2D eigenvalue weighted by molar-refractivity contribution is 4.78. The molecule has 13 heavy (non-hydrogen) atoms. The molecule has 2 rings (SSSR count). The van der Waals surface area contributed by atoms with E-state index in [2.05, 4.69) is 5.10 Å². The lowest BCUT2D eigenvalue weighted by molar-refractivity contribution is 0.0623. The van der Waals surface area contributed by atoms with Gasteiger partial charge in [-0.15, -0.1) is 0 Å². The first-order valence-corrected chi connectivity index (χ1v) is 5.00. The normalized spacial score (nSPS) is 19.1. The van der Waals surface area contributed by atoms with E-state index in [9.17, 15) is 0 Å². The smallest absolute Gasteiger partial charge is 0.0489 e. The number of hydrogen-bond acceptors (Lipinski definition) is 2. The highest BCUT2D eigenvalue weighted by Gasteiger charge is 2.13. The molecule has 3 nitrogen and oxygen atoms in total. The van der Waals surface area contributed by atoms with Crippen molar-refractivity contribution < 1.29 is 4.74 Å². The Bertz CT molecular complexity index is 227. The molecule has 1 fully saturated rings. The molecule has 2 heterocycles. The Kier molecular flexibility index (Phi) is 2.98. The molecule has 3 heteroatoms. The first kappa shape index (κ1) is 8.75. The molecule has 1 aromatic rings. The Hall–Kier alpha value is -0.830. The highest BCUT2D eigenvalue weighted by atomic mass is 16.5. The zero-order valence-electron chi connectivity index (χ0n) is 7.85. The van der Waals surface area contributed by atoms with Gasteiger partial charge in [-0.25, -0.2) is 0 Å². The van der Waals surface area contributed by atoms with Crippen LogP contribution in [0, 0.1) is 5.92 Å². The summed E-state index contributed by atoms with van der Waals surface area (Å²) in [5.41, 5.74) is 0. The van der Waals surface area contributed by atoms with Crippen molar-refractivity contribution >= 4 is 0 Å². The van der Waals surface area contributed by atoms with Crippen LogP contribution >= 0.6 is 0 Å². The van der Waals surface area contributed by atoms with Crippen LogP contribution < -0.4 is 0 Å². The summed E-state index contributed by atoms with van der Waals surface area (Å²) in [6.45, 7) is 2.95. The fraction of sp³-hybridized carbons (Fsp3) is 0.700. The first-order valence-electron chi connectivity index (χ1n) is 5.00. The fourth-order valence-electron chi connectivity index (χ4n) is 1.78. The maximum Gasteiger partial charge on any atom is 0.0489 e. The Morgan fingerprint density at radius 3 is 2.92 bits per heavy atom. The van der Waals surface area contributed by atoms with Crippen LogP contribution in [0.15, 0.2) is 18.5 Å². The van der Waals surface area contributed by atoms with E-state index in [-0.39, 0.29) is 0 Å². The predicted octanol–water partition coefficient (Wildman–Crippen LogP) is 1.70. The zero-order chi connectivity index (χ0) is 8.93. The monoisotopic (exact) mass is 180 g/mol. The predicted molar refractivity (Wildman–Crippen MR) is 50.4 cm³/mol. The lowest BCUT2D eigenvalue weighted by atomic mass is 9.97. The molecule has 0 bridgehead atoms. The number of aryl methyl sites for hydroxylation is 1. The molecule has 0 unspecified atom stereocenters. The second kappa shape index (κ2) is 4.42. The molecule has 0 N–H and O–H groups in total. The van der Waals surface area contributed by atoms with Gasteiger partial charge in [0.1, 0.15) is 0 Å². The molecule has 0 radical (unpaired) electrons. The van der Waals surface area contributed by atoms with Gasteiger partial charge in [0.25, 0.3) is 0 Å². The van der Waals surface area contributed by atoms with Gasteiger partial charge in [0.05, 0.1) is 0 Å². The SMILES string of the molecule is c1cnn(CCC2CCOCC2)c1. The summed E-state index contributed by atoms with van der Waals surface area (Å²) in [5, 5.41) is 4.19. The van der Waals surface area contributed by atoms with Crippen molar-refractivity contribution in [2.75, 3.05) is 13.2 Å². The Labute approximate surface area is 78.7 Å². The topological polar surface area (TPSA) is 27.1 Å². The van der Waals surface area contributed by atoms with E-state index >= 15 is 0 Å². The average Bonchev–Trinajstić information content (AvgIpc) is 2.69. The van der Waals surface area contributed by atoms with Crippen LogP contribution in [0.3, 0.4) is 0 Å². The molecule has 0 saturated carbocycles. The van der Waals surface area contributed by atoms with Crippen LogP contribution in [0.2, 0.25) is 0 Å². The van der Waals surface area contributed by atoms with Crippen molar-refractivity contribution in [2.24, 2.45) is 5.92 Å². The van der Waals surface area contributed by atoms with Crippen molar-refractivity contribution in [2.45, 2.75) is 25.8 Å². The highest BCUT2D eigenvalue weighted by Crippen LogP contribution is 2.18. The minimum Gasteiger partial charge on any atom is -0.381 e. The first-order chi connectivity index (χ1) is 6.45. The third-order valence-corrected chi connectivity index (χ3v) is 2.67. The second-order valence-electron chi connectivity index (χ2n) is 3.61. The number of nitrogens with zero attached hydrogens (tertiary/aromatic N) is 2. The molecule has 1 saturated heterocycles. The van der Waals surface area contributed by atoms with Gasteiger partial charge in [0.2, 0.25) is 0 Å². The summed E-state index contributed by atoms with van der Waals surface area (Å²) >= 11 is 0. The molecule has 0 atom stereocenters. The molecular formula is C10H16N2O. The van der Waals surface area contributed by atoms with Crippen molar-refractivity contribution in [1.82, 2.24) is 9.78 Å². The number of aromatic nitrogens is 2. The van der Waals surface area contributed by atoms with Gasteiger partial charge in [0.15, 0.2) is 0 Å². The van der Waals surface area contributed by atoms with Gasteiger partial charge in [-0.05, 0) is 31.2 Å². The van der Waals surface area contributed by atoms with Crippen LogP contribution in [0.1, 0.15) is 19.3 Å². The fourth-order valence-corrected chi connectivity index (χ4v) is 1.78. The van der Waals surface area contributed by atoms with Gasteiger partial charge in [-0.2, -0.15) is 5.10 Å².